The van der Waals surface area contributed by atoms with Crippen LogP contribution in [0.25, 0.3) is 11.1 Å². The first-order chi connectivity index (χ1) is 12.8. The Morgan fingerprint density at radius 3 is 2.33 bits per heavy atom. The van der Waals surface area contributed by atoms with Gasteiger partial charge in [-0.25, -0.2) is 17.6 Å². The topological polar surface area (TPSA) is 0 Å². The van der Waals surface area contributed by atoms with E-state index in [0.717, 1.165) is 5.57 Å². The summed E-state index contributed by atoms with van der Waals surface area (Å²) in [5.74, 6) is -2.77. The Hall–Kier alpha value is -2.36. The molecule has 2 atom stereocenters. The number of allylic oxidation sites excluding steroid dienone is 4. The van der Waals surface area contributed by atoms with Gasteiger partial charge in [0.1, 0.15) is 11.6 Å². The van der Waals surface area contributed by atoms with E-state index in [1.165, 1.54) is 31.2 Å². The Bertz CT molecular complexity index is 924. The van der Waals surface area contributed by atoms with Crippen LogP contribution < -0.4 is 0 Å². The van der Waals surface area contributed by atoms with Crippen LogP contribution in [0.3, 0.4) is 0 Å². The van der Waals surface area contributed by atoms with E-state index in [9.17, 15) is 17.6 Å². The van der Waals surface area contributed by atoms with Crippen molar-refractivity contribution in [3.8, 4) is 11.1 Å². The van der Waals surface area contributed by atoms with Gasteiger partial charge in [-0.1, -0.05) is 42.8 Å². The number of hydrogen-bond acceptors (Lipinski definition) is 0. The predicted octanol–water partition coefficient (Wildman–Crippen LogP) is 7.08. The summed E-state index contributed by atoms with van der Waals surface area (Å²) in [6.07, 6.45) is 4.40. The molecule has 4 heteroatoms. The van der Waals surface area contributed by atoms with Crippen molar-refractivity contribution in [2.45, 2.75) is 33.6 Å². The largest absolute Gasteiger partial charge is 0.211 e. The molecular weight excluding hydrogens is 352 g/mol. The lowest BCUT2D eigenvalue weighted by Gasteiger charge is -2.24. The lowest BCUT2D eigenvalue weighted by molar-refractivity contribution is 0.363. The zero-order valence-electron chi connectivity index (χ0n) is 15.6. The molecule has 0 amide bonds. The van der Waals surface area contributed by atoms with E-state index in [1.54, 1.807) is 12.1 Å². The maximum Gasteiger partial charge on any atom is 0.166 e. The molecule has 0 heterocycles. The van der Waals surface area contributed by atoms with Crippen LogP contribution in [0.5, 0.6) is 0 Å². The van der Waals surface area contributed by atoms with E-state index in [-0.39, 0.29) is 34.4 Å². The normalized spacial score (nSPS) is 19.7. The number of hydrogen-bond donors (Lipinski definition) is 0. The minimum absolute atomic E-state index is 0.0269. The standard InChI is InChI=1S/C23H22F4/c1-13-10-15(3)18(21(25)11-13)9-7-16-5-6-17(12-20(16)24)19-8-4-14(2)22(26)23(19)27/h4-6,8,10-12,15,18H,7,9H2,1-3H3. The average Bonchev–Trinajstić information content (AvgIpc) is 2.60. The van der Waals surface area contributed by atoms with Gasteiger partial charge in [0.05, 0.1) is 0 Å². The molecule has 1 aliphatic carbocycles. The Morgan fingerprint density at radius 2 is 1.67 bits per heavy atom. The molecule has 2 aromatic rings. The summed E-state index contributed by atoms with van der Waals surface area (Å²) in [5.41, 5.74) is 1.86. The van der Waals surface area contributed by atoms with Crippen molar-refractivity contribution in [3.63, 3.8) is 0 Å². The summed E-state index contributed by atoms with van der Waals surface area (Å²) < 4.78 is 56.6. The van der Waals surface area contributed by atoms with E-state index in [4.69, 9.17) is 0 Å². The minimum atomic E-state index is -0.979. The second kappa shape index (κ2) is 7.71. The van der Waals surface area contributed by atoms with Crippen LogP contribution in [0.1, 0.15) is 31.4 Å². The molecule has 0 nitrogen and oxygen atoms in total. The van der Waals surface area contributed by atoms with Gasteiger partial charge in [-0.15, -0.1) is 0 Å². The van der Waals surface area contributed by atoms with Crippen molar-refractivity contribution < 1.29 is 17.6 Å². The van der Waals surface area contributed by atoms with Crippen molar-refractivity contribution in [2.75, 3.05) is 0 Å². The Morgan fingerprint density at radius 1 is 0.926 bits per heavy atom. The maximum atomic E-state index is 14.5. The van der Waals surface area contributed by atoms with Crippen LogP contribution in [-0.2, 0) is 6.42 Å². The second-order valence-corrected chi connectivity index (χ2v) is 7.31. The van der Waals surface area contributed by atoms with E-state index >= 15 is 0 Å². The van der Waals surface area contributed by atoms with Gasteiger partial charge in [0.15, 0.2) is 11.6 Å². The Kier molecular flexibility index (Phi) is 5.54. The molecule has 0 spiro atoms. The SMILES string of the molecule is CC1=CC(C)C(CCc2ccc(-c3ccc(C)c(F)c3F)cc2F)C(F)=C1. The zero-order valence-corrected chi connectivity index (χ0v) is 15.6. The fourth-order valence-corrected chi connectivity index (χ4v) is 3.65. The molecule has 2 unspecified atom stereocenters. The first kappa shape index (κ1) is 19.4. The van der Waals surface area contributed by atoms with Crippen LogP contribution in [-0.4, -0.2) is 0 Å². The number of halogens is 4. The molecule has 0 aromatic heterocycles. The van der Waals surface area contributed by atoms with Gasteiger partial charge in [-0.05, 0) is 61.4 Å². The van der Waals surface area contributed by atoms with Crippen LogP contribution in [0.2, 0.25) is 0 Å². The highest BCUT2D eigenvalue weighted by Gasteiger charge is 2.24. The average molecular weight is 374 g/mol. The van der Waals surface area contributed by atoms with Crippen molar-refractivity contribution in [2.24, 2.45) is 11.8 Å². The first-order valence-corrected chi connectivity index (χ1v) is 9.07. The molecule has 2 aromatic carbocycles. The quantitative estimate of drug-likeness (QED) is 0.502. The third-order valence-electron chi connectivity index (χ3n) is 5.24. The number of benzene rings is 2. The van der Waals surface area contributed by atoms with Gasteiger partial charge in [-0.2, -0.15) is 0 Å². The van der Waals surface area contributed by atoms with E-state index in [2.05, 4.69) is 0 Å². The van der Waals surface area contributed by atoms with Gasteiger partial charge in [0.2, 0.25) is 0 Å². The highest BCUT2D eigenvalue weighted by Crippen LogP contribution is 2.34. The minimum Gasteiger partial charge on any atom is -0.211 e. The number of rotatable bonds is 4. The summed E-state index contributed by atoms with van der Waals surface area (Å²) >= 11 is 0. The van der Waals surface area contributed by atoms with Crippen LogP contribution in [0, 0.1) is 36.2 Å². The van der Waals surface area contributed by atoms with Crippen molar-refractivity contribution >= 4 is 0 Å². The molecule has 0 N–H and O–H groups in total. The molecule has 1 aliphatic rings. The molecule has 0 bridgehead atoms. The fraction of sp³-hybridized carbons (Fsp3) is 0.304. The van der Waals surface area contributed by atoms with Crippen molar-refractivity contribution in [3.05, 3.63) is 82.5 Å². The monoisotopic (exact) mass is 374 g/mol. The molecule has 142 valence electrons. The Labute approximate surface area is 157 Å². The van der Waals surface area contributed by atoms with Gasteiger partial charge in [-0.3, -0.25) is 0 Å². The molecule has 0 saturated carbocycles. The fourth-order valence-electron chi connectivity index (χ4n) is 3.65. The van der Waals surface area contributed by atoms with Crippen molar-refractivity contribution in [1.82, 2.24) is 0 Å². The van der Waals surface area contributed by atoms with Crippen LogP contribution in [0.15, 0.2) is 53.9 Å². The smallest absolute Gasteiger partial charge is 0.166 e. The zero-order chi connectivity index (χ0) is 19.7. The maximum absolute atomic E-state index is 14.5. The molecule has 0 fully saturated rings. The summed E-state index contributed by atoms with van der Waals surface area (Å²) in [5, 5.41) is 0. The molecule has 0 aliphatic heterocycles. The summed E-state index contributed by atoms with van der Waals surface area (Å²) in [4.78, 5) is 0. The van der Waals surface area contributed by atoms with Gasteiger partial charge >= 0.3 is 0 Å². The summed E-state index contributed by atoms with van der Waals surface area (Å²) in [6, 6.07) is 7.27. The van der Waals surface area contributed by atoms with Gasteiger partial charge in [0, 0.05) is 11.5 Å². The van der Waals surface area contributed by atoms with E-state index < -0.39 is 17.5 Å². The molecule has 27 heavy (non-hydrogen) atoms. The molecule has 0 saturated heterocycles. The number of aryl methyl sites for hydroxylation is 2. The van der Waals surface area contributed by atoms with Crippen LogP contribution in [0.4, 0.5) is 17.6 Å². The predicted molar refractivity (Wildman–Crippen MR) is 100 cm³/mol. The summed E-state index contributed by atoms with van der Waals surface area (Å²) in [6.45, 7) is 5.29. The van der Waals surface area contributed by atoms with Gasteiger partial charge < -0.3 is 0 Å². The molecule has 0 radical (unpaired) electrons. The molecule has 3 rings (SSSR count). The Balaban J connectivity index is 1.78. The molecular formula is C23H22F4. The van der Waals surface area contributed by atoms with Crippen molar-refractivity contribution in [1.29, 1.82) is 0 Å². The van der Waals surface area contributed by atoms with Gasteiger partial charge in [0.25, 0.3) is 0 Å². The highest BCUT2D eigenvalue weighted by molar-refractivity contribution is 5.65. The van der Waals surface area contributed by atoms with E-state index in [0.29, 0.717) is 18.4 Å². The highest BCUT2D eigenvalue weighted by atomic mass is 19.2. The third-order valence-corrected chi connectivity index (χ3v) is 5.24. The summed E-state index contributed by atoms with van der Waals surface area (Å²) in [7, 11) is 0. The second-order valence-electron chi connectivity index (χ2n) is 7.31. The van der Waals surface area contributed by atoms with E-state index in [1.807, 2.05) is 19.9 Å². The first-order valence-electron chi connectivity index (χ1n) is 9.07. The van der Waals surface area contributed by atoms with Crippen LogP contribution >= 0.6 is 0 Å². The lowest BCUT2D eigenvalue weighted by atomic mass is 9.82. The third kappa shape index (κ3) is 4.00. The lowest BCUT2D eigenvalue weighted by Crippen LogP contribution is -2.15.